The zero-order chi connectivity index (χ0) is 11.7. The van der Waals surface area contributed by atoms with Crippen molar-refractivity contribution in [2.75, 3.05) is 37.8 Å². The molecule has 0 aliphatic carbocycles. The van der Waals surface area contributed by atoms with Crippen LogP contribution >= 0.6 is 11.6 Å². The second-order valence-corrected chi connectivity index (χ2v) is 4.61. The van der Waals surface area contributed by atoms with E-state index in [0.29, 0.717) is 16.9 Å². The zero-order valence-electron chi connectivity index (χ0n) is 9.52. The van der Waals surface area contributed by atoms with Crippen LogP contribution in [-0.2, 0) is 0 Å². The highest BCUT2D eigenvalue weighted by molar-refractivity contribution is 6.32. The molecule has 2 N–H and O–H groups in total. The Hall–Kier alpha value is -1.07. The van der Waals surface area contributed by atoms with Gasteiger partial charge < -0.3 is 15.5 Å². The molecule has 0 bridgehead atoms. The van der Waals surface area contributed by atoms with E-state index in [-0.39, 0.29) is 0 Å². The van der Waals surface area contributed by atoms with Crippen molar-refractivity contribution in [1.29, 1.82) is 0 Å². The van der Waals surface area contributed by atoms with Crippen LogP contribution in [0.3, 0.4) is 0 Å². The van der Waals surface area contributed by atoms with Gasteiger partial charge in [0.2, 0.25) is 0 Å². The van der Waals surface area contributed by atoms with E-state index in [1.807, 2.05) is 0 Å². The Morgan fingerprint density at radius 1 is 1.50 bits per heavy atom. The molecule has 1 unspecified atom stereocenters. The lowest BCUT2D eigenvalue weighted by atomic mass is 10.2. The molecule has 0 saturated carbocycles. The van der Waals surface area contributed by atoms with E-state index in [0.717, 1.165) is 25.3 Å². The van der Waals surface area contributed by atoms with E-state index in [9.17, 15) is 0 Å². The summed E-state index contributed by atoms with van der Waals surface area (Å²) in [5, 5.41) is 0.332. The van der Waals surface area contributed by atoms with Gasteiger partial charge in [-0.2, -0.15) is 0 Å². The third-order valence-electron chi connectivity index (χ3n) is 3.01. The summed E-state index contributed by atoms with van der Waals surface area (Å²) in [5.41, 5.74) is 6.35. The predicted molar refractivity (Wildman–Crippen MR) is 65.8 cm³/mol. The van der Waals surface area contributed by atoms with Crippen molar-refractivity contribution in [1.82, 2.24) is 14.9 Å². The molecule has 0 radical (unpaired) electrons. The highest BCUT2D eigenvalue weighted by atomic mass is 35.5. The van der Waals surface area contributed by atoms with E-state index in [1.165, 1.54) is 6.33 Å². The summed E-state index contributed by atoms with van der Waals surface area (Å²) in [6.07, 6.45) is 2.57. The number of hydrogen-bond acceptors (Lipinski definition) is 5. The molecule has 0 spiro atoms. The Kier molecular flexibility index (Phi) is 3.16. The molecule has 16 heavy (non-hydrogen) atoms. The van der Waals surface area contributed by atoms with Gasteiger partial charge in [-0.15, -0.1) is 0 Å². The Balaban J connectivity index is 2.17. The van der Waals surface area contributed by atoms with E-state index in [2.05, 4.69) is 33.9 Å². The predicted octanol–water partition coefficient (Wildman–Crippen LogP) is 0.852. The van der Waals surface area contributed by atoms with Crippen molar-refractivity contribution >= 4 is 23.1 Å². The molecule has 88 valence electrons. The van der Waals surface area contributed by atoms with Crippen molar-refractivity contribution in [3.05, 3.63) is 11.5 Å². The number of halogens is 1. The Morgan fingerprint density at radius 2 is 2.25 bits per heavy atom. The molecule has 1 aromatic rings. The monoisotopic (exact) mass is 241 g/mol. The SMILES string of the molecule is CN(C)C1CCN(c2ncnc(Cl)c2N)C1. The van der Waals surface area contributed by atoms with Gasteiger partial charge >= 0.3 is 0 Å². The van der Waals surface area contributed by atoms with Gasteiger partial charge in [0.25, 0.3) is 0 Å². The Morgan fingerprint density at radius 3 is 2.88 bits per heavy atom. The highest BCUT2D eigenvalue weighted by Crippen LogP contribution is 2.28. The third kappa shape index (κ3) is 2.05. The summed E-state index contributed by atoms with van der Waals surface area (Å²) in [4.78, 5) is 12.4. The van der Waals surface area contributed by atoms with Crippen LogP contribution in [0.5, 0.6) is 0 Å². The standard InChI is InChI=1S/C10H16ClN5/c1-15(2)7-3-4-16(5-7)10-8(12)9(11)13-6-14-10/h6-7H,3-5,12H2,1-2H3. The van der Waals surface area contributed by atoms with Crippen LogP contribution in [0.25, 0.3) is 0 Å². The minimum Gasteiger partial charge on any atom is -0.393 e. The molecule has 1 aliphatic heterocycles. The van der Waals surface area contributed by atoms with Gasteiger partial charge in [-0.3, -0.25) is 0 Å². The summed E-state index contributed by atoms with van der Waals surface area (Å²) in [6, 6.07) is 0.549. The molecule has 5 nitrogen and oxygen atoms in total. The molecule has 2 rings (SSSR count). The first-order valence-corrected chi connectivity index (χ1v) is 5.64. The summed E-state index contributed by atoms with van der Waals surface area (Å²) in [5.74, 6) is 0.754. The van der Waals surface area contributed by atoms with Gasteiger partial charge in [0.05, 0.1) is 0 Å². The average molecular weight is 242 g/mol. The number of nitrogen functional groups attached to an aromatic ring is 1. The topological polar surface area (TPSA) is 58.3 Å². The minimum absolute atomic E-state index is 0.332. The first kappa shape index (κ1) is 11.4. The molecule has 0 aromatic carbocycles. The molecule has 1 aliphatic rings. The van der Waals surface area contributed by atoms with E-state index in [4.69, 9.17) is 17.3 Å². The van der Waals surface area contributed by atoms with E-state index in [1.54, 1.807) is 0 Å². The van der Waals surface area contributed by atoms with Crippen LogP contribution in [0.1, 0.15) is 6.42 Å². The van der Waals surface area contributed by atoms with Crippen LogP contribution in [0.2, 0.25) is 5.15 Å². The lowest BCUT2D eigenvalue weighted by molar-refractivity contribution is 0.315. The van der Waals surface area contributed by atoms with Crippen LogP contribution in [0, 0.1) is 0 Å². The molecule has 1 atom stereocenters. The van der Waals surface area contributed by atoms with Crippen LogP contribution in [-0.4, -0.2) is 48.1 Å². The van der Waals surface area contributed by atoms with Gasteiger partial charge in [-0.05, 0) is 20.5 Å². The fourth-order valence-corrected chi connectivity index (χ4v) is 2.10. The highest BCUT2D eigenvalue weighted by Gasteiger charge is 2.26. The number of nitrogens with two attached hydrogens (primary N) is 1. The largest absolute Gasteiger partial charge is 0.393 e. The van der Waals surface area contributed by atoms with E-state index >= 15 is 0 Å². The van der Waals surface area contributed by atoms with Crippen LogP contribution < -0.4 is 10.6 Å². The lowest BCUT2D eigenvalue weighted by Crippen LogP contribution is -2.32. The smallest absolute Gasteiger partial charge is 0.157 e. The van der Waals surface area contributed by atoms with Gasteiger partial charge in [0, 0.05) is 19.1 Å². The van der Waals surface area contributed by atoms with Crippen molar-refractivity contribution in [3.8, 4) is 0 Å². The average Bonchev–Trinajstić information content (AvgIpc) is 2.71. The number of nitrogens with zero attached hydrogens (tertiary/aromatic N) is 4. The molecule has 0 amide bonds. The Bertz CT molecular complexity index is 381. The molecule has 1 saturated heterocycles. The zero-order valence-corrected chi connectivity index (χ0v) is 10.3. The first-order chi connectivity index (χ1) is 7.59. The van der Waals surface area contributed by atoms with Gasteiger partial charge in [0.1, 0.15) is 12.0 Å². The maximum Gasteiger partial charge on any atom is 0.157 e. The van der Waals surface area contributed by atoms with Gasteiger partial charge in [-0.1, -0.05) is 11.6 Å². The molecule has 1 aromatic heterocycles. The molecular formula is C10H16ClN5. The number of aromatic nitrogens is 2. The third-order valence-corrected chi connectivity index (χ3v) is 3.31. The number of likely N-dealkylation sites (N-methyl/N-ethyl adjacent to an activating group) is 1. The molecule has 2 heterocycles. The van der Waals surface area contributed by atoms with Crippen LogP contribution in [0.4, 0.5) is 11.5 Å². The van der Waals surface area contributed by atoms with Crippen molar-refractivity contribution in [2.45, 2.75) is 12.5 Å². The Labute approximate surface area is 100 Å². The molecule has 1 fully saturated rings. The maximum atomic E-state index is 5.88. The fourth-order valence-electron chi connectivity index (χ4n) is 1.97. The first-order valence-electron chi connectivity index (χ1n) is 5.27. The summed E-state index contributed by atoms with van der Waals surface area (Å²) >= 11 is 5.88. The quantitative estimate of drug-likeness (QED) is 0.778. The number of anilines is 2. The van der Waals surface area contributed by atoms with Crippen molar-refractivity contribution in [2.24, 2.45) is 0 Å². The minimum atomic E-state index is 0.332. The normalized spacial score (nSPS) is 20.8. The number of hydrogen-bond donors (Lipinski definition) is 1. The van der Waals surface area contributed by atoms with E-state index < -0.39 is 0 Å². The summed E-state index contributed by atoms with van der Waals surface area (Å²) in [7, 11) is 4.18. The fraction of sp³-hybridized carbons (Fsp3) is 0.600. The van der Waals surface area contributed by atoms with Crippen LogP contribution in [0.15, 0.2) is 6.33 Å². The second-order valence-electron chi connectivity index (χ2n) is 4.25. The second kappa shape index (κ2) is 4.43. The maximum absolute atomic E-state index is 5.88. The lowest BCUT2D eigenvalue weighted by Gasteiger charge is -2.21. The van der Waals surface area contributed by atoms with Gasteiger partial charge in [0.15, 0.2) is 11.0 Å². The van der Waals surface area contributed by atoms with Crippen molar-refractivity contribution in [3.63, 3.8) is 0 Å². The molecule has 6 heteroatoms. The van der Waals surface area contributed by atoms with Crippen molar-refractivity contribution < 1.29 is 0 Å². The summed E-state index contributed by atoms with van der Waals surface area (Å²) < 4.78 is 0. The summed E-state index contributed by atoms with van der Waals surface area (Å²) in [6.45, 7) is 1.89. The molecular weight excluding hydrogens is 226 g/mol. The number of rotatable bonds is 2. The van der Waals surface area contributed by atoms with Gasteiger partial charge in [-0.25, -0.2) is 9.97 Å².